The van der Waals surface area contributed by atoms with Gasteiger partial charge in [0.15, 0.2) is 0 Å². The van der Waals surface area contributed by atoms with E-state index in [2.05, 4.69) is 16.5 Å². The van der Waals surface area contributed by atoms with Gasteiger partial charge in [-0.05, 0) is 29.9 Å². The highest BCUT2D eigenvalue weighted by Gasteiger charge is 2.11. The molecule has 0 aliphatic carbocycles. The van der Waals surface area contributed by atoms with Crippen molar-refractivity contribution >= 4 is 23.4 Å². The van der Waals surface area contributed by atoms with Gasteiger partial charge in [-0.25, -0.2) is 4.98 Å². The maximum absolute atomic E-state index is 6.00. The fourth-order valence-corrected chi connectivity index (χ4v) is 4.28. The Balaban J connectivity index is 1.66. The average Bonchev–Trinajstić information content (AvgIpc) is 3.18. The first-order valence-corrected chi connectivity index (χ1v) is 11.6. The third-order valence-corrected chi connectivity index (χ3v) is 6.09. The smallest absolute Gasteiger partial charge is 0.0946 e. The van der Waals surface area contributed by atoms with Crippen molar-refractivity contribution in [2.75, 3.05) is 12.4 Å². The molecule has 0 fully saturated rings. The van der Waals surface area contributed by atoms with E-state index in [9.17, 15) is 0 Å². The number of aromatic nitrogens is 2. The van der Waals surface area contributed by atoms with Gasteiger partial charge in [0.25, 0.3) is 0 Å². The van der Waals surface area contributed by atoms with Crippen LogP contribution in [-0.2, 0) is 17.9 Å². The summed E-state index contributed by atoms with van der Waals surface area (Å²) in [5.41, 5.74) is 1.16. The standard InChI is InChI=1S/C22H33ClN2OS/c1-2-3-4-5-6-7-8-15-27-22(16-25-14-13-24-19-25)18-26-17-20-9-11-21(23)12-10-20/h9-14,19,22H,2-8,15-18H2,1H3. The van der Waals surface area contributed by atoms with Gasteiger partial charge in [0.1, 0.15) is 0 Å². The Kier molecular flexibility index (Phi) is 11.6. The maximum atomic E-state index is 6.00. The topological polar surface area (TPSA) is 27.1 Å². The minimum absolute atomic E-state index is 0.451. The fraction of sp³-hybridized carbons (Fsp3) is 0.591. The number of benzene rings is 1. The lowest BCUT2D eigenvalue weighted by atomic mass is 10.1. The van der Waals surface area contributed by atoms with Gasteiger partial charge in [-0.1, -0.05) is 69.2 Å². The van der Waals surface area contributed by atoms with Gasteiger partial charge >= 0.3 is 0 Å². The minimum Gasteiger partial charge on any atom is -0.376 e. The van der Waals surface area contributed by atoms with Crippen molar-refractivity contribution in [3.63, 3.8) is 0 Å². The number of hydrogen-bond acceptors (Lipinski definition) is 3. The van der Waals surface area contributed by atoms with Crippen molar-refractivity contribution in [3.8, 4) is 0 Å². The molecule has 0 aliphatic heterocycles. The Morgan fingerprint density at radius 1 is 1.07 bits per heavy atom. The number of thioether (sulfide) groups is 1. The molecule has 2 rings (SSSR count). The van der Waals surface area contributed by atoms with Crippen molar-refractivity contribution in [2.24, 2.45) is 0 Å². The van der Waals surface area contributed by atoms with Gasteiger partial charge in [-0.3, -0.25) is 0 Å². The van der Waals surface area contributed by atoms with Crippen LogP contribution in [0.25, 0.3) is 0 Å². The zero-order chi connectivity index (χ0) is 19.2. The van der Waals surface area contributed by atoms with Crippen LogP contribution in [0.5, 0.6) is 0 Å². The molecule has 1 unspecified atom stereocenters. The zero-order valence-electron chi connectivity index (χ0n) is 16.5. The maximum Gasteiger partial charge on any atom is 0.0946 e. The molecule has 1 atom stereocenters. The molecular weight excluding hydrogens is 376 g/mol. The Morgan fingerprint density at radius 2 is 1.81 bits per heavy atom. The Morgan fingerprint density at radius 3 is 2.52 bits per heavy atom. The van der Waals surface area contributed by atoms with E-state index < -0.39 is 0 Å². The third-order valence-electron chi connectivity index (χ3n) is 4.56. The van der Waals surface area contributed by atoms with Gasteiger partial charge < -0.3 is 9.30 Å². The number of hydrogen-bond donors (Lipinski definition) is 0. The molecule has 1 heterocycles. The van der Waals surface area contributed by atoms with Crippen LogP contribution in [0, 0.1) is 0 Å². The van der Waals surface area contributed by atoms with Crippen molar-refractivity contribution in [1.29, 1.82) is 0 Å². The molecule has 0 spiro atoms. The normalized spacial score (nSPS) is 12.4. The number of rotatable bonds is 15. The first-order chi connectivity index (χ1) is 13.3. The van der Waals surface area contributed by atoms with E-state index in [1.54, 1.807) is 0 Å². The average molecular weight is 409 g/mol. The highest BCUT2D eigenvalue weighted by molar-refractivity contribution is 7.99. The minimum atomic E-state index is 0.451. The first kappa shape index (κ1) is 22.3. The predicted molar refractivity (Wildman–Crippen MR) is 118 cm³/mol. The number of nitrogens with zero attached hydrogens (tertiary/aromatic N) is 2. The van der Waals surface area contributed by atoms with Crippen molar-refractivity contribution in [3.05, 3.63) is 53.6 Å². The van der Waals surface area contributed by atoms with Crippen LogP contribution in [-0.4, -0.2) is 27.2 Å². The van der Waals surface area contributed by atoms with Gasteiger partial charge in [0, 0.05) is 29.2 Å². The van der Waals surface area contributed by atoms with E-state index in [1.807, 2.05) is 54.7 Å². The molecule has 0 N–H and O–H groups in total. The largest absolute Gasteiger partial charge is 0.376 e. The highest BCUT2D eigenvalue weighted by atomic mass is 35.5. The molecule has 2 aromatic rings. The molecule has 5 heteroatoms. The molecule has 1 aromatic heterocycles. The molecule has 0 radical (unpaired) electrons. The van der Waals surface area contributed by atoms with Gasteiger partial charge in [-0.2, -0.15) is 11.8 Å². The number of unbranched alkanes of at least 4 members (excludes halogenated alkanes) is 6. The second kappa shape index (κ2) is 14.1. The first-order valence-electron chi connectivity index (χ1n) is 10.2. The van der Waals surface area contributed by atoms with Crippen LogP contribution in [0.4, 0.5) is 0 Å². The van der Waals surface area contributed by atoms with Crippen LogP contribution in [0.15, 0.2) is 43.0 Å². The summed E-state index contributed by atoms with van der Waals surface area (Å²) in [5, 5.41) is 1.22. The van der Waals surface area contributed by atoms with E-state index in [1.165, 1.54) is 50.7 Å². The van der Waals surface area contributed by atoms with E-state index in [4.69, 9.17) is 16.3 Å². The van der Waals surface area contributed by atoms with Crippen LogP contribution in [0.1, 0.15) is 57.4 Å². The Bertz CT molecular complexity index is 589. The Labute approximate surface area is 173 Å². The summed E-state index contributed by atoms with van der Waals surface area (Å²) >= 11 is 7.97. The number of halogens is 1. The lowest BCUT2D eigenvalue weighted by Gasteiger charge is -2.17. The third kappa shape index (κ3) is 10.2. The van der Waals surface area contributed by atoms with E-state index in [0.717, 1.165) is 23.7 Å². The molecule has 150 valence electrons. The second-order valence-electron chi connectivity index (χ2n) is 7.02. The SMILES string of the molecule is CCCCCCCCCSC(COCc1ccc(Cl)cc1)Cn1ccnc1. The van der Waals surface area contributed by atoms with Crippen molar-refractivity contribution in [1.82, 2.24) is 9.55 Å². The summed E-state index contributed by atoms with van der Waals surface area (Å²) in [5.74, 6) is 1.21. The number of ether oxygens (including phenoxy) is 1. The van der Waals surface area contributed by atoms with Crippen molar-refractivity contribution in [2.45, 2.75) is 70.3 Å². The number of imidazole rings is 1. The summed E-state index contributed by atoms with van der Waals surface area (Å²) in [6, 6.07) is 7.88. The van der Waals surface area contributed by atoms with E-state index in [-0.39, 0.29) is 0 Å². The molecule has 0 saturated carbocycles. The van der Waals surface area contributed by atoms with Crippen LogP contribution in [0.2, 0.25) is 5.02 Å². The molecule has 3 nitrogen and oxygen atoms in total. The molecule has 0 aliphatic rings. The lowest BCUT2D eigenvalue weighted by Crippen LogP contribution is -2.19. The molecular formula is C22H33ClN2OS. The van der Waals surface area contributed by atoms with Crippen LogP contribution >= 0.6 is 23.4 Å². The van der Waals surface area contributed by atoms with Crippen LogP contribution in [0.3, 0.4) is 0 Å². The van der Waals surface area contributed by atoms with Gasteiger partial charge in [-0.15, -0.1) is 0 Å². The van der Waals surface area contributed by atoms with Gasteiger partial charge in [0.05, 0.1) is 19.5 Å². The van der Waals surface area contributed by atoms with E-state index >= 15 is 0 Å². The lowest BCUT2D eigenvalue weighted by molar-refractivity contribution is 0.119. The molecule has 27 heavy (non-hydrogen) atoms. The van der Waals surface area contributed by atoms with Gasteiger partial charge in [0.2, 0.25) is 0 Å². The monoisotopic (exact) mass is 408 g/mol. The summed E-state index contributed by atoms with van der Waals surface area (Å²) in [6.07, 6.45) is 15.3. The molecule has 1 aromatic carbocycles. The molecule has 0 saturated heterocycles. The Hall–Kier alpha value is -0.970. The highest BCUT2D eigenvalue weighted by Crippen LogP contribution is 2.18. The summed E-state index contributed by atoms with van der Waals surface area (Å²) in [6.45, 7) is 4.60. The zero-order valence-corrected chi connectivity index (χ0v) is 18.1. The van der Waals surface area contributed by atoms with Crippen LogP contribution < -0.4 is 0 Å². The quantitative estimate of drug-likeness (QED) is 0.310. The predicted octanol–water partition coefficient (Wildman–Crippen LogP) is 6.61. The second-order valence-corrected chi connectivity index (χ2v) is 8.86. The molecule has 0 amide bonds. The summed E-state index contributed by atoms with van der Waals surface area (Å²) in [4.78, 5) is 4.16. The fourth-order valence-electron chi connectivity index (χ4n) is 2.98. The van der Waals surface area contributed by atoms with Crippen molar-refractivity contribution < 1.29 is 4.74 Å². The molecule has 0 bridgehead atoms. The summed E-state index contributed by atoms with van der Waals surface area (Å²) < 4.78 is 8.14. The van der Waals surface area contributed by atoms with E-state index in [0.29, 0.717) is 11.9 Å². The summed E-state index contributed by atoms with van der Waals surface area (Å²) in [7, 11) is 0.